The van der Waals surface area contributed by atoms with Gasteiger partial charge >= 0.3 is 0 Å². The van der Waals surface area contributed by atoms with E-state index in [0.29, 0.717) is 0 Å². The molecule has 0 fully saturated rings. The van der Waals surface area contributed by atoms with Gasteiger partial charge in [0, 0.05) is 33.8 Å². The van der Waals surface area contributed by atoms with E-state index in [1.54, 1.807) is 0 Å². The van der Waals surface area contributed by atoms with E-state index in [1.807, 2.05) is 6.07 Å². The van der Waals surface area contributed by atoms with Gasteiger partial charge in [-0.25, -0.2) is 9.97 Å². The van der Waals surface area contributed by atoms with Crippen molar-refractivity contribution in [1.29, 1.82) is 0 Å². The van der Waals surface area contributed by atoms with Gasteiger partial charge in [-0.05, 0) is 81.2 Å². The monoisotopic (exact) mass is 689 g/mol. The zero-order valence-electron chi connectivity index (χ0n) is 29.8. The summed E-state index contributed by atoms with van der Waals surface area (Å²) in [4.78, 5) is 10.6. The van der Waals surface area contributed by atoms with E-state index in [0.717, 1.165) is 72.8 Å². The molecule has 0 unspecified atom stereocenters. The molecule has 54 heavy (non-hydrogen) atoms. The van der Waals surface area contributed by atoms with E-state index in [-0.39, 0.29) is 0 Å². The van der Waals surface area contributed by atoms with Crippen LogP contribution in [0.15, 0.2) is 194 Å². The Bertz CT molecular complexity index is 2970. The fourth-order valence-corrected chi connectivity index (χ4v) is 7.95. The molecule has 0 atom stereocenters. The highest BCUT2D eigenvalue weighted by Crippen LogP contribution is 2.40. The van der Waals surface area contributed by atoms with Gasteiger partial charge in [-0.2, -0.15) is 0 Å². The van der Waals surface area contributed by atoms with Crippen LogP contribution in [-0.4, -0.2) is 14.4 Å². The van der Waals surface area contributed by atoms with E-state index in [4.69, 9.17) is 9.97 Å². The molecule has 10 rings (SSSR count). The highest BCUT2D eigenvalue weighted by Gasteiger charge is 2.19. The van der Waals surface area contributed by atoms with E-state index in [9.17, 15) is 0 Å². The first-order valence-electron chi connectivity index (χ1n) is 18.4. The Morgan fingerprint density at radius 1 is 0.370 bits per heavy atom. The van der Waals surface area contributed by atoms with Crippen LogP contribution < -0.4 is 0 Å². The Labute approximate surface area is 314 Å². The van der Waals surface area contributed by atoms with Crippen LogP contribution in [0.2, 0.25) is 0 Å². The lowest BCUT2D eigenvalue weighted by atomic mass is 9.90. The predicted octanol–water partition coefficient (Wildman–Crippen LogP) is 13.3. The molecule has 0 bridgehead atoms. The van der Waals surface area contributed by atoms with Crippen molar-refractivity contribution >= 4 is 27.2 Å². The average molecular weight is 690 g/mol. The Balaban J connectivity index is 1.17. The van der Waals surface area contributed by atoms with Crippen LogP contribution in [0.25, 0.3) is 94.5 Å². The molecule has 3 aromatic heterocycles. The van der Waals surface area contributed by atoms with Gasteiger partial charge in [-0.1, -0.05) is 158 Å². The number of benzene rings is 7. The number of fused-ring (bicyclic) bond motifs is 3. The number of nitrogens with zero attached hydrogens (tertiary/aromatic N) is 3. The van der Waals surface area contributed by atoms with Crippen molar-refractivity contribution in [3.63, 3.8) is 0 Å². The molecule has 3 nitrogen and oxygen atoms in total. The molecule has 0 spiro atoms. The summed E-state index contributed by atoms with van der Waals surface area (Å²) in [5.74, 6) is 0. The molecule has 254 valence electrons. The number of aryl methyl sites for hydroxylation is 1. The van der Waals surface area contributed by atoms with Crippen molar-refractivity contribution < 1.29 is 0 Å². The van der Waals surface area contributed by atoms with Gasteiger partial charge in [0.25, 0.3) is 0 Å². The van der Waals surface area contributed by atoms with Gasteiger partial charge < -0.3 is 0 Å². The number of hydrogen-bond donors (Lipinski definition) is 0. The summed E-state index contributed by atoms with van der Waals surface area (Å²) in [6, 6.07) is 66.9. The fraction of sp³-hybridized carbons (Fsp3) is 0.0196. The zero-order chi connectivity index (χ0) is 36.0. The van der Waals surface area contributed by atoms with E-state index in [1.165, 1.54) is 27.3 Å². The van der Waals surface area contributed by atoms with Crippen LogP contribution in [0, 0.1) is 6.92 Å². The first-order valence-corrected chi connectivity index (χ1v) is 18.4. The molecule has 0 aliphatic heterocycles. The van der Waals surface area contributed by atoms with Crippen molar-refractivity contribution in [3.8, 4) is 67.3 Å². The Hall–Kier alpha value is -7.10. The van der Waals surface area contributed by atoms with Crippen LogP contribution in [-0.2, 0) is 0 Å². The molecular formula is C51H35N3. The third-order valence-corrected chi connectivity index (χ3v) is 10.6. The molecule has 0 aliphatic rings. The van der Waals surface area contributed by atoms with Crippen molar-refractivity contribution in [2.45, 2.75) is 6.92 Å². The second-order valence-corrected chi connectivity index (χ2v) is 13.9. The van der Waals surface area contributed by atoms with Crippen LogP contribution in [0.5, 0.6) is 0 Å². The van der Waals surface area contributed by atoms with Crippen molar-refractivity contribution in [3.05, 3.63) is 200 Å². The molecule has 3 heteroatoms. The van der Waals surface area contributed by atoms with Crippen molar-refractivity contribution in [2.24, 2.45) is 0 Å². The minimum Gasteiger partial charge on any atom is -0.299 e. The maximum atomic E-state index is 5.48. The van der Waals surface area contributed by atoms with Crippen LogP contribution >= 0.6 is 0 Å². The standard InChI is InChI=1S/C51H35N3/c1-34-43-21-10-11-23-46(43)49(37-16-4-2-5-17-37)53-48(34)42-32-40(31-41(33-42)45-24-14-20-36-15-8-9-22-44(36)45)35-26-28-38(29-27-35)50-51(39-18-6-3-7-19-39)54-30-13-12-25-47(54)52-50/h2-33H,1H3. The number of rotatable bonds is 6. The number of hydrogen-bond acceptors (Lipinski definition) is 2. The third-order valence-electron chi connectivity index (χ3n) is 10.6. The first kappa shape index (κ1) is 31.6. The molecule has 0 amide bonds. The van der Waals surface area contributed by atoms with Crippen molar-refractivity contribution in [2.75, 3.05) is 0 Å². The van der Waals surface area contributed by atoms with Gasteiger partial charge in [0.15, 0.2) is 0 Å². The highest BCUT2D eigenvalue weighted by atomic mass is 15.0. The Morgan fingerprint density at radius 3 is 1.76 bits per heavy atom. The molecule has 3 heterocycles. The van der Waals surface area contributed by atoms with E-state index in [2.05, 4.69) is 200 Å². The predicted molar refractivity (Wildman–Crippen MR) is 225 cm³/mol. The summed E-state index contributed by atoms with van der Waals surface area (Å²) in [5, 5.41) is 4.82. The molecule has 0 radical (unpaired) electrons. The maximum absolute atomic E-state index is 5.48. The lowest BCUT2D eigenvalue weighted by Crippen LogP contribution is -1.96. The molecule has 7 aromatic carbocycles. The summed E-state index contributed by atoms with van der Waals surface area (Å²) < 4.78 is 2.18. The molecule has 0 aliphatic carbocycles. The molecule has 0 saturated carbocycles. The van der Waals surface area contributed by atoms with Crippen LogP contribution in [0.4, 0.5) is 0 Å². The molecule has 0 N–H and O–H groups in total. The average Bonchev–Trinajstić information content (AvgIpc) is 3.64. The Morgan fingerprint density at radius 2 is 0.963 bits per heavy atom. The van der Waals surface area contributed by atoms with E-state index >= 15 is 0 Å². The number of aromatic nitrogens is 3. The molecule has 0 saturated heterocycles. The largest absolute Gasteiger partial charge is 0.299 e. The normalized spacial score (nSPS) is 11.4. The second-order valence-electron chi connectivity index (χ2n) is 13.9. The number of imidazole rings is 1. The van der Waals surface area contributed by atoms with Crippen molar-refractivity contribution in [1.82, 2.24) is 14.4 Å². The quantitative estimate of drug-likeness (QED) is 0.174. The van der Waals surface area contributed by atoms with Gasteiger partial charge in [-0.15, -0.1) is 0 Å². The molecule has 10 aromatic rings. The third kappa shape index (κ3) is 5.46. The first-order chi connectivity index (χ1) is 26.7. The van der Waals surface area contributed by atoms with Gasteiger partial charge in [-0.3, -0.25) is 4.40 Å². The zero-order valence-corrected chi connectivity index (χ0v) is 29.8. The summed E-state index contributed by atoms with van der Waals surface area (Å²) in [6.45, 7) is 2.21. The fourth-order valence-electron chi connectivity index (χ4n) is 7.95. The lowest BCUT2D eigenvalue weighted by Gasteiger charge is -2.17. The highest BCUT2D eigenvalue weighted by molar-refractivity contribution is 6.01. The lowest BCUT2D eigenvalue weighted by molar-refractivity contribution is 1.19. The summed E-state index contributed by atoms with van der Waals surface area (Å²) in [6.07, 6.45) is 2.09. The minimum atomic E-state index is 0.927. The summed E-state index contributed by atoms with van der Waals surface area (Å²) in [5.41, 5.74) is 15.2. The summed E-state index contributed by atoms with van der Waals surface area (Å²) >= 11 is 0. The van der Waals surface area contributed by atoms with Gasteiger partial charge in [0.2, 0.25) is 0 Å². The summed E-state index contributed by atoms with van der Waals surface area (Å²) in [7, 11) is 0. The van der Waals surface area contributed by atoms with E-state index < -0.39 is 0 Å². The molecular weight excluding hydrogens is 655 g/mol. The second kappa shape index (κ2) is 13.1. The van der Waals surface area contributed by atoms with Crippen LogP contribution in [0.1, 0.15) is 5.56 Å². The Kier molecular flexibility index (Phi) is 7.70. The smallest absolute Gasteiger partial charge is 0.137 e. The van der Waals surface area contributed by atoms with Crippen LogP contribution in [0.3, 0.4) is 0 Å². The number of pyridine rings is 2. The maximum Gasteiger partial charge on any atom is 0.137 e. The van der Waals surface area contributed by atoms with Gasteiger partial charge in [0.1, 0.15) is 5.65 Å². The SMILES string of the molecule is Cc1c(-c2cc(-c3ccc(-c4nc5ccccn5c4-c4ccccc4)cc3)cc(-c3cccc4ccccc34)c2)nc(-c2ccccc2)c2ccccc12. The topological polar surface area (TPSA) is 30.2 Å². The minimum absolute atomic E-state index is 0.927. The van der Waals surface area contributed by atoms with Gasteiger partial charge in [0.05, 0.1) is 22.8 Å².